The third-order valence-corrected chi connectivity index (χ3v) is 3.82. The molecule has 0 bridgehead atoms. The normalized spacial score (nSPS) is 10.9. The van der Waals surface area contributed by atoms with E-state index in [9.17, 15) is 4.79 Å². The van der Waals surface area contributed by atoms with Crippen molar-refractivity contribution in [1.29, 1.82) is 0 Å². The fourth-order valence-corrected chi connectivity index (χ4v) is 2.72. The molecule has 0 aliphatic rings. The van der Waals surface area contributed by atoms with E-state index in [4.69, 9.17) is 5.11 Å². The predicted octanol–water partition coefficient (Wildman–Crippen LogP) is 2.06. The summed E-state index contributed by atoms with van der Waals surface area (Å²) in [5.74, 6) is 0. The van der Waals surface area contributed by atoms with E-state index in [1.807, 2.05) is 24.4 Å². The van der Waals surface area contributed by atoms with E-state index >= 15 is 0 Å². The van der Waals surface area contributed by atoms with Gasteiger partial charge in [-0.3, -0.25) is 9.69 Å². The summed E-state index contributed by atoms with van der Waals surface area (Å²) in [6, 6.07) is 10.2. The van der Waals surface area contributed by atoms with Gasteiger partial charge in [0.05, 0.1) is 11.8 Å². The van der Waals surface area contributed by atoms with Crippen LogP contribution in [0.1, 0.15) is 17.5 Å². The van der Waals surface area contributed by atoms with Gasteiger partial charge in [-0.1, -0.05) is 30.3 Å². The molecule has 0 amide bonds. The second-order valence-corrected chi connectivity index (χ2v) is 5.54. The summed E-state index contributed by atoms with van der Waals surface area (Å²) in [6.45, 7) is 2.40. The van der Waals surface area contributed by atoms with Gasteiger partial charge in [-0.2, -0.15) is 0 Å². The highest BCUT2D eigenvalue weighted by Gasteiger charge is 2.12. The molecule has 0 saturated carbocycles. The van der Waals surface area contributed by atoms with Gasteiger partial charge in [0, 0.05) is 38.0 Å². The molecule has 0 atom stereocenters. The smallest absolute Gasteiger partial charge is 0.275 e. The molecular formula is C17H21ClN4O2. The van der Waals surface area contributed by atoms with Gasteiger partial charge >= 0.3 is 0 Å². The summed E-state index contributed by atoms with van der Waals surface area (Å²) in [4.78, 5) is 23.9. The van der Waals surface area contributed by atoms with E-state index in [0.29, 0.717) is 24.0 Å². The fraction of sp³-hybridized carbons (Fsp3) is 0.294. The van der Waals surface area contributed by atoms with Gasteiger partial charge < -0.3 is 15.1 Å². The SMILES string of the molecule is Cl.O=c1[nH]cnc2c(CN(CCCO)Cc3ccccc3)c[nH]c12. The molecule has 0 saturated heterocycles. The monoisotopic (exact) mass is 348 g/mol. The van der Waals surface area contributed by atoms with Crippen LogP contribution in [0.5, 0.6) is 0 Å². The molecule has 0 aliphatic heterocycles. The van der Waals surface area contributed by atoms with E-state index in [-0.39, 0.29) is 24.6 Å². The number of halogens is 1. The molecule has 24 heavy (non-hydrogen) atoms. The number of aliphatic hydroxyl groups excluding tert-OH is 1. The molecule has 2 heterocycles. The Balaban J connectivity index is 0.00000208. The highest BCUT2D eigenvalue weighted by atomic mass is 35.5. The van der Waals surface area contributed by atoms with Crippen LogP contribution in [-0.2, 0) is 13.1 Å². The van der Waals surface area contributed by atoms with Crippen LogP contribution in [-0.4, -0.2) is 38.1 Å². The van der Waals surface area contributed by atoms with Crippen molar-refractivity contribution in [3.05, 3.63) is 64.3 Å². The van der Waals surface area contributed by atoms with Gasteiger partial charge in [0.25, 0.3) is 5.56 Å². The van der Waals surface area contributed by atoms with Crippen LogP contribution in [0.4, 0.5) is 0 Å². The van der Waals surface area contributed by atoms with Crippen molar-refractivity contribution in [1.82, 2.24) is 19.9 Å². The Bertz CT molecular complexity index is 816. The van der Waals surface area contributed by atoms with Gasteiger partial charge in [0.2, 0.25) is 0 Å². The molecule has 1 aromatic carbocycles. The zero-order valence-electron chi connectivity index (χ0n) is 13.2. The van der Waals surface area contributed by atoms with Crippen molar-refractivity contribution in [3.63, 3.8) is 0 Å². The molecule has 2 aromatic heterocycles. The van der Waals surface area contributed by atoms with Crippen LogP contribution in [0, 0.1) is 0 Å². The first kappa shape index (κ1) is 18.2. The number of H-pyrrole nitrogens is 2. The summed E-state index contributed by atoms with van der Waals surface area (Å²) in [5.41, 5.74) is 3.25. The molecule has 3 aromatic rings. The van der Waals surface area contributed by atoms with Crippen LogP contribution in [0.2, 0.25) is 0 Å². The number of aromatic amines is 2. The number of nitrogens with one attached hydrogen (secondary N) is 2. The second kappa shape index (κ2) is 8.63. The molecule has 0 radical (unpaired) electrons. The van der Waals surface area contributed by atoms with E-state index in [1.54, 1.807) is 0 Å². The van der Waals surface area contributed by atoms with E-state index < -0.39 is 0 Å². The molecule has 128 valence electrons. The van der Waals surface area contributed by atoms with E-state index in [1.165, 1.54) is 11.9 Å². The van der Waals surface area contributed by atoms with Crippen LogP contribution < -0.4 is 5.56 Å². The van der Waals surface area contributed by atoms with Gasteiger partial charge in [-0.15, -0.1) is 12.4 Å². The predicted molar refractivity (Wildman–Crippen MR) is 96.2 cm³/mol. The molecule has 0 unspecified atom stereocenters. The number of aliphatic hydroxyl groups is 1. The second-order valence-electron chi connectivity index (χ2n) is 5.54. The standard InChI is InChI=1S/C17H20N4O2.ClH/c22-8-4-7-21(10-13-5-2-1-3-6-13)11-14-9-18-16-15(14)19-12-20-17(16)23;/h1-3,5-6,9,12,18,22H,4,7-8,10-11H2,(H,19,20,23);1H. The maximum atomic E-state index is 11.8. The van der Waals surface area contributed by atoms with E-state index in [0.717, 1.165) is 18.7 Å². The maximum Gasteiger partial charge on any atom is 0.275 e. The first-order valence-electron chi connectivity index (χ1n) is 7.68. The average molecular weight is 349 g/mol. The minimum absolute atomic E-state index is 0. The minimum Gasteiger partial charge on any atom is -0.396 e. The first-order chi connectivity index (χ1) is 11.3. The Morgan fingerprint density at radius 1 is 1.12 bits per heavy atom. The van der Waals surface area contributed by atoms with Crippen LogP contribution in [0.3, 0.4) is 0 Å². The largest absolute Gasteiger partial charge is 0.396 e. The lowest BCUT2D eigenvalue weighted by Crippen LogP contribution is -2.24. The Morgan fingerprint density at radius 2 is 1.92 bits per heavy atom. The minimum atomic E-state index is -0.161. The van der Waals surface area contributed by atoms with Crippen molar-refractivity contribution in [2.24, 2.45) is 0 Å². The Hall–Kier alpha value is -2.15. The average Bonchev–Trinajstić information content (AvgIpc) is 2.98. The first-order valence-corrected chi connectivity index (χ1v) is 7.68. The molecule has 0 spiro atoms. The highest BCUT2D eigenvalue weighted by molar-refractivity contribution is 5.85. The molecular weight excluding hydrogens is 328 g/mol. The molecule has 0 aliphatic carbocycles. The number of aromatic nitrogens is 3. The molecule has 0 fully saturated rings. The highest BCUT2D eigenvalue weighted by Crippen LogP contribution is 2.16. The Morgan fingerprint density at radius 3 is 2.67 bits per heavy atom. The van der Waals surface area contributed by atoms with Gasteiger partial charge in [-0.25, -0.2) is 4.98 Å². The quantitative estimate of drug-likeness (QED) is 0.610. The van der Waals surface area contributed by atoms with Crippen LogP contribution in [0.25, 0.3) is 11.0 Å². The number of rotatable bonds is 7. The summed E-state index contributed by atoms with van der Waals surface area (Å²) < 4.78 is 0. The summed E-state index contributed by atoms with van der Waals surface area (Å²) in [5, 5.41) is 9.12. The Kier molecular flexibility index (Phi) is 6.54. The number of benzene rings is 1. The summed E-state index contributed by atoms with van der Waals surface area (Å²) in [7, 11) is 0. The van der Waals surface area contributed by atoms with Crippen molar-refractivity contribution < 1.29 is 5.11 Å². The van der Waals surface area contributed by atoms with Crippen molar-refractivity contribution in [2.75, 3.05) is 13.2 Å². The number of hydrogen-bond donors (Lipinski definition) is 3. The zero-order chi connectivity index (χ0) is 16.1. The van der Waals surface area contributed by atoms with E-state index in [2.05, 4.69) is 32.0 Å². The fourth-order valence-electron chi connectivity index (χ4n) is 2.72. The van der Waals surface area contributed by atoms with Crippen LogP contribution >= 0.6 is 12.4 Å². The lowest BCUT2D eigenvalue weighted by molar-refractivity contribution is 0.213. The van der Waals surface area contributed by atoms with Crippen molar-refractivity contribution >= 4 is 23.4 Å². The van der Waals surface area contributed by atoms with Crippen molar-refractivity contribution in [3.8, 4) is 0 Å². The zero-order valence-corrected chi connectivity index (χ0v) is 14.1. The molecule has 7 heteroatoms. The summed E-state index contributed by atoms with van der Waals surface area (Å²) >= 11 is 0. The Labute approximate surface area is 146 Å². The van der Waals surface area contributed by atoms with Crippen LogP contribution in [0.15, 0.2) is 47.7 Å². The third-order valence-electron chi connectivity index (χ3n) is 3.82. The van der Waals surface area contributed by atoms with Gasteiger partial charge in [0.15, 0.2) is 0 Å². The lowest BCUT2D eigenvalue weighted by Gasteiger charge is -2.21. The number of fused-ring (bicyclic) bond motifs is 1. The molecule has 3 N–H and O–H groups in total. The third kappa shape index (κ3) is 4.23. The number of nitrogens with zero attached hydrogens (tertiary/aromatic N) is 2. The van der Waals surface area contributed by atoms with Crippen molar-refractivity contribution in [2.45, 2.75) is 19.5 Å². The maximum absolute atomic E-state index is 11.8. The topological polar surface area (TPSA) is 85.0 Å². The number of hydrogen-bond acceptors (Lipinski definition) is 4. The molecule has 3 rings (SSSR count). The van der Waals surface area contributed by atoms with Gasteiger partial charge in [0.1, 0.15) is 5.52 Å². The van der Waals surface area contributed by atoms with Gasteiger partial charge in [-0.05, 0) is 12.0 Å². The molecule has 6 nitrogen and oxygen atoms in total. The summed E-state index contributed by atoms with van der Waals surface area (Å²) in [6.07, 6.45) is 3.98. The lowest BCUT2D eigenvalue weighted by atomic mass is 10.2.